The first-order valence-electron chi connectivity index (χ1n) is 8.18. The van der Waals surface area contributed by atoms with Gasteiger partial charge in [-0.3, -0.25) is 9.88 Å². The lowest BCUT2D eigenvalue weighted by Crippen LogP contribution is -2.28. The van der Waals surface area contributed by atoms with E-state index in [2.05, 4.69) is 4.98 Å². The summed E-state index contributed by atoms with van der Waals surface area (Å²) < 4.78 is 44.7. The Bertz CT molecular complexity index is 853. The van der Waals surface area contributed by atoms with Crippen molar-refractivity contribution in [2.45, 2.75) is 39.3 Å². The normalized spacial score (nSPS) is 16.3. The molecule has 26 heavy (non-hydrogen) atoms. The topological polar surface area (TPSA) is 42.4 Å². The van der Waals surface area contributed by atoms with Gasteiger partial charge in [0.1, 0.15) is 11.4 Å². The van der Waals surface area contributed by atoms with E-state index in [0.717, 1.165) is 23.4 Å². The Morgan fingerprint density at radius 3 is 2.62 bits per heavy atom. The van der Waals surface area contributed by atoms with Crippen molar-refractivity contribution in [1.82, 2.24) is 9.88 Å². The third-order valence-electron chi connectivity index (χ3n) is 4.31. The van der Waals surface area contributed by atoms with Crippen LogP contribution in [0.25, 0.3) is 11.1 Å². The van der Waals surface area contributed by atoms with E-state index < -0.39 is 29.5 Å². The summed E-state index contributed by atoms with van der Waals surface area (Å²) in [4.78, 5) is 17.8. The average Bonchev–Trinajstić information content (AvgIpc) is 2.81. The number of benzene rings is 1. The van der Waals surface area contributed by atoms with Crippen LogP contribution in [0, 0.1) is 12.7 Å². The molecule has 0 radical (unpaired) electrons. The molecule has 0 spiro atoms. The molecule has 0 unspecified atom stereocenters. The number of hydrogen-bond acceptors (Lipinski definition) is 3. The minimum Gasteiger partial charge on any atom is -0.441 e. The maximum Gasteiger partial charge on any atom is 0.410 e. The minimum absolute atomic E-state index is 0.303. The fourth-order valence-corrected chi connectivity index (χ4v) is 2.97. The molecule has 2 heterocycles. The highest BCUT2D eigenvalue weighted by atomic mass is 19.3. The molecule has 1 aliphatic rings. The molecule has 1 amide bonds. The Morgan fingerprint density at radius 1 is 1.27 bits per heavy atom. The number of ether oxygens (including phenoxy) is 1. The summed E-state index contributed by atoms with van der Waals surface area (Å²) in [5.41, 5.74) is 1.33. The number of nitrogens with zero attached hydrogens (tertiary/aromatic N) is 2. The summed E-state index contributed by atoms with van der Waals surface area (Å²) in [5, 5.41) is 0. The van der Waals surface area contributed by atoms with Gasteiger partial charge in [-0.25, -0.2) is 18.0 Å². The van der Waals surface area contributed by atoms with Crippen LogP contribution in [-0.2, 0) is 11.3 Å². The zero-order chi connectivity index (χ0) is 19.1. The first-order valence-corrected chi connectivity index (χ1v) is 8.18. The maximum absolute atomic E-state index is 13.5. The number of pyridine rings is 1. The first kappa shape index (κ1) is 18.2. The predicted molar refractivity (Wildman–Crippen MR) is 90.3 cm³/mol. The number of rotatable bonds is 4. The molecular weight excluding hydrogens is 345 g/mol. The minimum atomic E-state index is -2.89. The highest BCUT2D eigenvalue weighted by Gasteiger charge is 2.37. The van der Waals surface area contributed by atoms with Crippen molar-refractivity contribution in [3.8, 4) is 11.1 Å². The van der Waals surface area contributed by atoms with Gasteiger partial charge in [-0.1, -0.05) is 6.07 Å². The van der Waals surface area contributed by atoms with Gasteiger partial charge >= 0.3 is 6.09 Å². The van der Waals surface area contributed by atoms with Crippen LogP contribution < -0.4 is 0 Å². The van der Waals surface area contributed by atoms with Crippen LogP contribution in [0.15, 0.2) is 30.5 Å². The SMILES string of the molecule is Cc1ncc(-c2ccc(F)c(C(F)F)c2)cc1CN1CC(C)(C)OC1=O. The molecule has 7 heteroatoms. The summed E-state index contributed by atoms with van der Waals surface area (Å²) >= 11 is 0. The van der Waals surface area contributed by atoms with Crippen molar-refractivity contribution < 1.29 is 22.7 Å². The highest BCUT2D eigenvalue weighted by molar-refractivity contribution is 5.71. The number of aryl methyl sites for hydroxylation is 1. The van der Waals surface area contributed by atoms with E-state index in [1.807, 2.05) is 13.8 Å². The summed E-state index contributed by atoms with van der Waals surface area (Å²) in [6.07, 6.45) is -1.75. The van der Waals surface area contributed by atoms with E-state index in [-0.39, 0.29) is 0 Å². The van der Waals surface area contributed by atoms with Gasteiger partial charge in [-0.2, -0.15) is 0 Å². The Kier molecular flexibility index (Phi) is 4.64. The van der Waals surface area contributed by atoms with Crippen LogP contribution >= 0.6 is 0 Å². The van der Waals surface area contributed by atoms with E-state index in [1.165, 1.54) is 6.07 Å². The quantitative estimate of drug-likeness (QED) is 0.778. The van der Waals surface area contributed by atoms with Gasteiger partial charge in [-0.15, -0.1) is 0 Å². The monoisotopic (exact) mass is 364 g/mol. The Balaban J connectivity index is 1.91. The molecule has 0 saturated carbocycles. The second-order valence-electron chi connectivity index (χ2n) is 6.99. The number of carbonyl (C=O) groups excluding carboxylic acids is 1. The number of aromatic nitrogens is 1. The van der Waals surface area contributed by atoms with Crippen LogP contribution in [-0.4, -0.2) is 28.1 Å². The lowest BCUT2D eigenvalue weighted by Gasteiger charge is -2.17. The molecule has 2 aromatic rings. The third kappa shape index (κ3) is 3.66. The summed E-state index contributed by atoms with van der Waals surface area (Å²) in [5.74, 6) is -0.939. The van der Waals surface area contributed by atoms with Crippen LogP contribution in [0.5, 0.6) is 0 Å². The van der Waals surface area contributed by atoms with Crippen molar-refractivity contribution in [1.29, 1.82) is 0 Å². The van der Waals surface area contributed by atoms with Crippen molar-refractivity contribution in [2.24, 2.45) is 0 Å². The predicted octanol–water partition coefficient (Wildman–Crippen LogP) is 4.86. The second-order valence-corrected chi connectivity index (χ2v) is 6.99. The van der Waals surface area contributed by atoms with E-state index in [9.17, 15) is 18.0 Å². The number of cyclic esters (lactones) is 1. The molecular formula is C19H19F3N2O2. The van der Waals surface area contributed by atoms with E-state index >= 15 is 0 Å². The van der Waals surface area contributed by atoms with Crippen LogP contribution in [0.4, 0.5) is 18.0 Å². The number of amides is 1. The number of halogens is 3. The third-order valence-corrected chi connectivity index (χ3v) is 4.31. The zero-order valence-corrected chi connectivity index (χ0v) is 14.7. The molecule has 3 rings (SSSR count). The lowest BCUT2D eigenvalue weighted by atomic mass is 10.0. The van der Waals surface area contributed by atoms with Crippen LogP contribution in [0.3, 0.4) is 0 Å². The van der Waals surface area contributed by atoms with Crippen molar-refractivity contribution >= 4 is 6.09 Å². The molecule has 1 aromatic heterocycles. The Morgan fingerprint density at radius 2 is 2.00 bits per heavy atom. The number of hydrogen-bond donors (Lipinski definition) is 0. The molecule has 1 saturated heterocycles. The summed E-state index contributed by atoms with van der Waals surface area (Å²) in [7, 11) is 0. The van der Waals surface area contributed by atoms with Gasteiger partial charge in [0.25, 0.3) is 6.43 Å². The number of carbonyl (C=O) groups is 1. The first-order chi connectivity index (χ1) is 12.2. The van der Waals surface area contributed by atoms with Gasteiger partial charge in [0.2, 0.25) is 0 Å². The Hall–Kier alpha value is -2.57. The van der Waals surface area contributed by atoms with Gasteiger partial charge in [0.15, 0.2) is 0 Å². The average molecular weight is 364 g/mol. The van der Waals surface area contributed by atoms with Crippen molar-refractivity contribution in [3.63, 3.8) is 0 Å². The Labute approximate surface area is 149 Å². The molecule has 1 aromatic carbocycles. The largest absolute Gasteiger partial charge is 0.441 e. The maximum atomic E-state index is 13.5. The van der Waals surface area contributed by atoms with Gasteiger partial charge < -0.3 is 4.74 Å². The fourth-order valence-electron chi connectivity index (χ4n) is 2.97. The standard InChI is InChI=1S/C19H19F3N2O2/c1-11-14(9-24-10-19(2,3)26-18(24)25)6-13(8-23-11)12-4-5-16(20)15(7-12)17(21)22/h4-8,17H,9-10H2,1-3H3. The van der Waals surface area contributed by atoms with E-state index in [1.54, 1.807) is 24.1 Å². The van der Waals surface area contributed by atoms with Crippen LogP contribution in [0.1, 0.15) is 37.1 Å². The van der Waals surface area contributed by atoms with Gasteiger partial charge in [-0.05, 0) is 50.1 Å². The van der Waals surface area contributed by atoms with E-state index in [0.29, 0.717) is 24.2 Å². The molecule has 0 N–H and O–H groups in total. The molecule has 1 fully saturated rings. The van der Waals surface area contributed by atoms with Crippen LogP contribution in [0.2, 0.25) is 0 Å². The number of alkyl halides is 2. The van der Waals surface area contributed by atoms with Crippen molar-refractivity contribution in [2.75, 3.05) is 6.54 Å². The van der Waals surface area contributed by atoms with E-state index in [4.69, 9.17) is 4.74 Å². The molecule has 0 atom stereocenters. The fraction of sp³-hybridized carbons (Fsp3) is 0.368. The molecule has 4 nitrogen and oxygen atoms in total. The molecule has 0 bridgehead atoms. The zero-order valence-electron chi connectivity index (χ0n) is 14.7. The van der Waals surface area contributed by atoms with Crippen molar-refractivity contribution in [3.05, 3.63) is 53.1 Å². The smallest absolute Gasteiger partial charge is 0.410 e. The summed E-state index contributed by atoms with van der Waals surface area (Å²) in [6.45, 7) is 6.22. The molecule has 1 aliphatic heterocycles. The molecule has 138 valence electrons. The lowest BCUT2D eigenvalue weighted by molar-refractivity contribution is 0.0858. The second kappa shape index (κ2) is 6.63. The highest BCUT2D eigenvalue weighted by Crippen LogP contribution is 2.30. The van der Waals surface area contributed by atoms with Gasteiger partial charge in [0, 0.05) is 17.5 Å². The summed E-state index contributed by atoms with van der Waals surface area (Å²) in [6, 6.07) is 5.37. The van der Waals surface area contributed by atoms with Gasteiger partial charge in [0.05, 0.1) is 18.7 Å². The molecule has 0 aliphatic carbocycles.